The normalized spacial score (nSPS) is 14.8. The molecular formula is C8H20N2O2S. The third-order valence-electron chi connectivity index (χ3n) is 2.03. The lowest BCUT2D eigenvalue weighted by Crippen LogP contribution is -2.41. The van der Waals surface area contributed by atoms with E-state index < -0.39 is 15.3 Å². The Hall–Kier alpha value is -0.130. The third kappa shape index (κ3) is 3.25. The van der Waals surface area contributed by atoms with Crippen LogP contribution in [0.15, 0.2) is 0 Å². The number of hydrogen-bond acceptors (Lipinski definition) is 3. The van der Waals surface area contributed by atoms with Crippen LogP contribution in [0, 0.1) is 0 Å². The minimum Gasteiger partial charge on any atom is -0.329 e. The molecule has 1 unspecified atom stereocenters. The monoisotopic (exact) mass is 208 g/mol. The van der Waals surface area contributed by atoms with Crippen molar-refractivity contribution in [2.24, 2.45) is 5.73 Å². The zero-order valence-electron chi connectivity index (χ0n) is 8.66. The average Bonchev–Trinajstić information content (AvgIpc) is 2.12. The van der Waals surface area contributed by atoms with Gasteiger partial charge in [0.2, 0.25) is 10.0 Å². The Balaban J connectivity index is 4.57. The molecule has 0 fully saturated rings. The predicted molar refractivity (Wildman–Crippen MR) is 55.0 cm³/mol. The number of sulfonamides is 1. The van der Waals surface area contributed by atoms with Crippen molar-refractivity contribution in [1.29, 1.82) is 0 Å². The molecule has 0 spiro atoms. The highest BCUT2D eigenvalue weighted by atomic mass is 32.2. The molecule has 0 aromatic carbocycles. The van der Waals surface area contributed by atoms with E-state index in [0.29, 0.717) is 13.1 Å². The molecule has 5 heteroatoms. The number of rotatable bonds is 6. The van der Waals surface area contributed by atoms with Crippen LogP contribution < -0.4 is 5.73 Å². The van der Waals surface area contributed by atoms with Crippen molar-refractivity contribution in [2.45, 2.75) is 32.4 Å². The number of nitrogens with zero attached hydrogens (tertiary/aromatic N) is 1. The van der Waals surface area contributed by atoms with Gasteiger partial charge in [-0.3, -0.25) is 0 Å². The molecule has 0 aliphatic rings. The summed E-state index contributed by atoms with van der Waals surface area (Å²) in [5.74, 6) is 0. The van der Waals surface area contributed by atoms with E-state index in [0.717, 1.165) is 6.42 Å². The Morgan fingerprint density at radius 2 is 1.92 bits per heavy atom. The van der Waals surface area contributed by atoms with Crippen molar-refractivity contribution < 1.29 is 8.42 Å². The van der Waals surface area contributed by atoms with Gasteiger partial charge in [-0.15, -0.1) is 0 Å². The van der Waals surface area contributed by atoms with Gasteiger partial charge in [-0.05, 0) is 13.3 Å². The van der Waals surface area contributed by atoms with Gasteiger partial charge in [-0.1, -0.05) is 13.8 Å². The topological polar surface area (TPSA) is 63.4 Å². The average molecular weight is 208 g/mol. The van der Waals surface area contributed by atoms with E-state index in [2.05, 4.69) is 0 Å². The van der Waals surface area contributed by atoms with Crippen LogP contribution in [0.3, 0.4) is 0 Å². The number of hydrogen-bond donors (Lipinski definition) is 1. The predicted octanol–water partition coefficient (Wildman–Crippen LogP) is 0.395. The lowest BCUT2D eigenvalue weighted by Gasteiger charge is -2.23. The molecule has 0 rings (SSSR count). The summed E-state index contributed by atoms with van der Waals surface area (Å²) in [4.78, 5) is 0. The van der Waals surface area contributed by atoms with Gasteiger partial charge in [0, 0.05) is 19.6 Å². The molecule has 0 saturated heterocycles. The van der Waals surface area contributed by atoms with Gasteiger partial charge >= 0.3 is 0 Å². The number of nitrogens with two attached hydrogens (primary N) is 1. The van der Waals surface area contributed by atoms with E-state index in [9.17, 15) is 8.42 Å². The smallest absolute Gasteiger partial charge is 0.217 e. The van der Waals surface area contributed by atoms with E-state index in [1.807, 2.05) is 13.8 Å². The molecular weight excluding hydrogens is 188 g/mol. The third-order valence-corrected chi connectivity index (χ3v) is 4.40. The molecule has 1 atom stereocenters. The lowest BCUT2D eigenvalue weighted by molar-refractivity contribution is 0.420. The molecule has 80 valence electrons. The van der Waals surface area contributed by atoms with E-state index in [-0.39, 0.29) is 6.54 Å². The summed E-state index contributed by atoms with van der Waals surface area (Å²) in [6.45, 7) is 6.75. The summed E-state index contributed by atoms with van der Waals surface area (Å²) in [6.07, 6.45) is 0.838. The van der Waals surface area contributed by atoms with Crippen LogP contribution in [-0.2, 0) is 10.0 Å². The molecule has 2 N–H and O–H groups in total. The maximum atomic E-state index is 11.7. The summed E-state index contributed by atoms with van der Waals surface area (Å²) in [6, 6.07) is 0. The second kappa shape index (κ2) is 5.57. The molecule has 0 saturated carbocycles. The second-order valence-corrected chi connectivity index (χ2v) is 5.43. The largest absolute Gasteiger partial charge is 0.329 e. The Morgan fingerprint density at radius 3 is 2.23 bits per heavy atom. The quantitative estimate of drug-likeness (QED) is 0.687. The lowest BCUT2D eigenvalue weighted by atomic mass is 10.5. The highest BCUT2D eigenvalue weighted by Crippen LogP contribution is 2.08. The molecule has 0 aromatic heterocycles. The first-order valence-corrected chi connectivity index (χ1v) is 6.20. The molecule has 0 heterocycles. The zero-order chi connectivity index (χ0) is 10.5. The summed E-state index contributed by atoms with van der Waals surface area (Å²) >= 11 is 0. The fourth-order valence-corrected chi connectivity index (χ4v) is 2.64. The van der Waals surface area contributed by atoms with Gasteiger partial charge in [0.25, 0.3) is 0 Å². The van der Waals surface area contributed by atoms with Crippen LogP contribution >= 0.6 is 0 Å². The first-order valence-electron chi connectivity index (χ1n) is 4.69. The molecule has 0 amide bonds. The Bertz CT molecular complexity index is 226. The molecule has 0 aliphatic heterocycles. The molecule has 0 aliphatic carbocycles. The highest BCUT2D eigenvalue weighted by molar-refractivity contribution is 7.89. The van der Waals surface area contributed by atoms with Crippen molar-refractivity contribution >= 4 is 10.0 Å². The van der Waals surface area contributed by atoms with Crippen molar-refractivity contribution in [3.05, 3.63) is 0 Å². The molecule has 0 radical (unpaired) electrons. The van der Waals surface area contributed by atoms with E-state index in [1.165, 1.54) is 4.31 Å². The standard InChI is InChI=1S/C8H20N2O2S/c1-4-6-10(5-2)13(11,12)8(3)7-9/h8H,4-7,9H2,1-3H3. The van der Waals surface area contributed by atoms with E-state index in [1.54, 1.807) is 6.92 Å². The van der Waals surface area contributed by atoms with Gasteiger partial charge < -0.3 is 5.73 Å². The zero-order valence-corrected chi connectivity index (χ0v) is 9.47. The van der Waals surface area contributed by atoms with Gasteiger partial charge in [0.05, 0.1) is 5.25 Å². The maximum Gasteiger partial charge on any atom is 0.217 e. The Morgan fingerprint density at radius 1 is 1.38 bits per heavy atom. The van der Waals surface area contributed by atoms with Crippen LogP contribution in [0.25, 0.3) is 0 Å². The Labute approximate surface area is 81.2 Å². The minimum atomic E-state index is -3.16. The maximum absolute atomic E-state index is 11.7. The van der Waals surface area contributed by atoms with Gasteiger partial charge in [-0.2, -0.15) is 0 Å². The van der Waals surface area contributed by atoms with Gasteiger partial charge in [-0.25, -0.2) is 12.7 Å². The summed E-state index contributed by atoms with van der Waals surface area (Å²) < 4.78 is 24.9. The van der Waals surface area contributed by atoms with Crippen molar-refractivity contribution in [3.8, 4) is 0 Å². The van der Waals surface area contributed by atoms with Crippen molar-refractivity contribution in [2.75, 3.05) is 19.6 Å². The SMILES string of the molecule is CCCN(CC)S(=O)(=O)C(C)CN. The van der Waals surface area contributed by atoms with Crippen LogP contribution in [0.1, 0.15) is 27.2 Å². The summed E-state index contributed by atoms with van der Waals surface area (Å²) in [5.41, 5.74) is 5.34. The van der Waals surface area contributed by atoms with Crippen molar-refractivity contribution in [3.63, 3.8) is 0 Å². The van der Waals surface area contributed by atoms with Crippen LogP contribution in [0.5, 0.6) is 0 Å². The first kappa shape index (κ1) is 12.9. The summed E-state index contributed by atoms with van der Waals surface area (Å²) in [7, 11) is -3.16. The summed E-state index contributed by atoms with van der Waals surface area (Å²) in [5, 5.41) is -0.473. The van der Waals surface area contributed by atoms with E-state index in [4.69, 9.17) is 5.73 Å². The van der Waals surface area contributed by atoms with Crippen LogP contribution in [0.4, 0.5) is 0 Å². The minimum absolute atomic E-state index is 0.183. The van der Waals surface area contributed by atoms with Crippen LogP contribution in [-0.4, -0.2) is 37.6 Å². The molecule has 4 nitrogen and oxygen atoms in total. The first-order chi connectivity index (χ1) is 6.00. The van der Waals surface area contributed by atoms with Crippen LogP contribution in [0.2, 0.25) is 0 Å². The molecule has 0 bridgehead atoms. The highest BCUT2D eigenvalue weighted by Gasteiger charge is 2.25. The Kier molecular flexibility index (Phi) is 5.51. The van der Waals surface area contributed by atoms with E-state index >= 15 is 0 Å². The van der Waals surface area contributed by atoms with Gasteiger partial charge in [0.1, 0.15) is 0 Å². The van der Waals surface area contributed by atoms with Crippen molar-refractivity contribution in [1.82, 2.24) is 4.31 Å². The molecule has 0 aromatic rings. The fraction of sp³-hybridized carbons (Fsp3) is 1.00. The van der Waals surface area contributed by atoms with Gasteiger partial charge in [0.15, 0.2) is 0 Å². The second-order valence-electron chi connectivity index (χ2n) is 3.08. The fourth-order valence-electron chi connectivity index (χ4n) is 1.09. The molecule has 13 heavy (non-hydrogen) atoms.